The van der Waals surface area contributed by atoms with Gasteiger partial charge in [-0.3, -0.25) is 0 Å². The third-order valence-electron chi connectivity index (χ3n) is 2.16. The summed E-state index contributed by atoms with van der Waals surface area (Å²) in [5, 5.41) is 10.1. The molecule has 13 heavy (non-hydrogen) atoms. The van der Waals surface area contributed by atoms with Crippen LogP contribution in [0, 0.1) is 0 Å². The zero-order chi connectivity index (χ0) is 9.78. The molecule has 0 saturated heterocycles. The highest BCUT2D eigenvalue weighted by atomic mass is 16.2. The molecule has 0 aliphatic rings. The smallest absolute Gasteiger partial charge is 0.0825 e. The van der Waals surface area contributed by atoms with Gasteiger partial charge in [0.1, 0.15) is 0 Å². The normalized spacial score (nSPS) is 11.2. The maximum atomic E-state index is 10.1. The molecule has 0 aliphatic carbocycles. The van der Waals surface area contributed by atoms with Gasteiger partial charge in [0.2, 0.25) is 0 Å². The molecule has 0 unspecified atom stereocenters. The molecule has 0 saturated carbocycles. The summed E-state index contributed by atoms with van der Waals surface area (Å²) in [6, 6.07) is 0. The van der Waals surface area contributed by atoms with E-state index >= 15 is 0 Å². The van der Waals surface area contributed by atoms with Gasteiger partial charge in [0, 0.05) is 0 Å². The summed E-state index contributed by atoms with van der Waals surface area (Å²) in [7, 11) is 0. The van der Waals surface area contributed by atoms with E-state index in [0.717, 1.165) is 12.8 Å². The maximum Gasteiger partial charge on any atom is 0.0825 e. The first-order valence-electron chi connectivity index (χ1n) is 5.65. The van der Waals surface area contributed by atoms with Gasteiger partial charge >= 0.3 is 0 Å². The lowest BCUT2D eigenvalue weighted by Crippen LogP contribution is -1.78. The van der Waals surface area contributed by atoms with Crippen molar-refractivity contribution in [3.05, 3.63) is 12.2 Å². The first-order valence-corrected chi connectivity index (χ1v) is 5.65. The van der Waals surface area contributed by atoms with Gasteiger partial charge < -0.3 is 0 Å². The predicted octanol–water partition coefficient (Wildman–Crippen LogP) is 4.11. The molecule has 0 N–H and O–H groups in total. The number of rotatable bonds is 9. The van der Waals surface area contributed by atoms with Crippen LogP contribution in [0.2, 0.25) is 0 Å². The molecule has 0 atom stereocenters. The van der Waals surface area contributed by atoms with Crippen LogP contribution in [0.25, 0.3) is 0 Å². The molecular weight excluding hydrogens is 160 g/mol. The lowest BCUT2D eigenvalue weighted by Gasteiger charge is -1.95. The molecule has 0 spiro atoms. The number of allylic oxidation sites excluding steroid dienone is 2. The zero-order valence-electron chi connectivity index (χ0n) is 8.93. The number of hydrogen-bond donors (Lipinski definition) is 0. The van der Waals surface area contributed by atoms with E-state index in [1.54, 1.807) is 0 Å². The minimum atomic E-state index is 0.0703. The second kappa shape index (κ2) is 11.7. The SMILES string of the molecule is CCCCCCCC=CCCC[O]. The van der Waals surface area contributed by atoms with E-state index < -0.39 is 0 Å². The molecule has 0 heterocycles. The summed E-state index contributed by atoms with van der Waals surface area (Å²) in [5.41, 5.74) is 0. The Kier molecular flexibility index (Phi) is 11.4. The van der Waals surface area contributed by atoms with Gasteiger partial charge in [-0.2, -0.15) is 0 Å². The molecule has 0 fully saturated rings. The van der Waals surface area contributed by atoms with Gasteiger partial charge in [0.15, 0.2) is 0 Å². The standard InChI is InChI=1S/C12H23O/c1-2-3-4-5-6-7-8-9-10-11-12-13/h8-9H,2-7,10-12H2,1H3. The van der Waals surface area contributed by atoms with E-state index in [4.69, 9.17) is 0 Å². The molecule has 0 rings (SSSR count). The Bertz CT molecular complexity index is 108. The van der Waals surface area contributed by atoms with Crippen LogP contribution in [0.3, 0.4) is 0 Å². The molecule has 0 aromatic heterocycles. The molecule has 0 aromatic rings. The van der Waals surface area contributed by atoms with Gasteiger partial charge in [-0.05, 0) is 25.7 Å². The third-order valence-corrected chi connectivity index (χ3v) is 2.16. The van der Waals surface area contributed by atoms with E-state index in [1.165, 1.54) is 38.5 Å². The lowest BCUT2D eigenvalue weighted by molar-refractivity contribution is 0.190. The van der Waals surface area contributed by atoms with Crippen LogP contribution in [-0.4, -0.2) is 6.61 Å². The first kappa shape index (κ1) is 12.7. The number of hydrogen-bond acceptors (Lipinski definition) is 0. The number of unbranched alkanes of at least 4 members (excludes halogenated alkanes) is 6. The topological polar surface area (TPSA) is 19.9 Å². The van der Waals surface area contributed by atoms with Crippen LogP contribution in [-0.2, 0) is 5.11 Å². The van der Waals surface area contributed by atoms with Crippen molar-refractivity contribution in [3.63, 3.8) is 0 Å². The summed E-state index contributed by atoms with van der Waals surface area (Å²) >= 11 is 0. The Labute approximate surface area is 82.9 Å². The van der Waals surface area contributed by atoms with Crippen molar-refractivity contribution in [3.8, 4) is 0 Å². The highest BCUT2D eigenvalue weighted by Gasteiger charge is 1.86. The maximum absolute atomic E-state index is 10.1. The minimum Gasteiger partial charge on any atom is -0.237 e. The van der Waals surface area contributed by atoms with Gasteiger partial charge in [0.25, 0.3) is 0 Å². The molecular formula is C12H23O. The van der Waals surface area contributed by atoms with Crippen LogP contribution in [0.4, 0.5) is 0 Å². The van der Waals surface area contributed by atoms with Crippen molar-refractivity contribution in [2.75, 3.05) is 6.61 Å². The largest absolute Gasteiger partial charge is 0.237 e. The van der Waals surface area contributed by atoms with Gasteiger partial charge in [-0.15, -0.1) is 0 Å². The lowest BCUT2D eigenvalue weighted by atomic mass is 10.1. The van der Waals surface area contributed by atoms with Crippen molar-refractivity contribution in [2.24, 2.45) is 0 Å². The van der Waals surface area contributed by atoms with Crippen molar-refractivity contribution in [1.29, 1.82) is 0 Å². The van der Waals surface area contributed by atoms with E-state index in [2.05, 4.69) is 19.1 Å². The average Bonchev–Trinajstić information content (AvgIpc) is 2.16. The summed E-state index contributed by atoms with van der Waals surface area (Å²) < 4.78 is 0. The van der Waals surface area contributed by atoms with E-state index in [1.807, 2.05) is 0 Å². The molecule has 0 bridgehead atoms. The summed E-state index contributed by atoms with van der Waals surface area (Å²) in [4.78, 5) is 0. The van der Waals surface area contributed by atoms with E-state index in [0.29, 0.717) is 0 Å². The Morgan fingerprint density at radius 3 is 2.08 bits per heavy atom. The predicted molar refractivity (Wildman–Crippen MR) is 57.3 cm³/mol. The summed E-state index contributed by atoms with van der Waals surface area (Å²) in [5.74, 6) is 0. The van der Waals surface area contributed by atoms with Crippen LogP contribution in [0.1, 0.15) is 58.3 Å². The van der Waals surface area contributed by atoms with Crippen molar-refractivity contribution in [1.82, 2.24) is 0 Å². The summed E-state index contributed by atoms with van der Waals surface area (Å²) in [6.45, 7) is 2.31. The van der Waals surface area contributed by atoms with Gasteiger partial charge in [-0.25, -0.2) is 5.11 Å². The van der Waals surface area contributed by atoms with E-state index in [9.17, 15) is 5.11 Å². The second-order valence-corrected chi connectivity index (χ2v) is 3.52. The monoisotopic (exact) mass is 183 g/mol. The van der Waals surface area contributed by atoms with Crippen LogP contribution in [0.15, 0.2) is 12.2 Å². The van der Waals surface area contributed by atoms with Crippen LogP contribution >= 0.6 is 0 Å². The fraction of sp³-hybridized carbons (Fsp3) is 0.833. The second-order valence-electron chi connectivity index (χ2n) is 3.52. The van der Waals surface area contributed by atoms with Gasteiger partial charge in [0.05, 0.1) is 6.61 Å². The third kappa shape index (κ3) is 11.7. The highest BCUT2D eigenvalue weighted by molar-refractivity contribution is 4.81. The molecule has 0 aliphatic heterocycles. The molecule has 1 radical (unpaired) electrons. The highest BCUT2D eigenvalue weighted by Crippen LogP contribution is 2.05. The zero-order valence-corrected chi connectivity index (χ0v) is 8.93. The van der Waals surface area contributed by atoms with Crippen LogP contribution in [0.5, 0.6) is 0 Å². The fourth-order valence-corrected chi connectivity index (χ4v) is 1.30. The molecule has 0 amide bonds. The molecule has 1 nitrogen and oxygen atoms in total. The van der Waals surface area contributed by atoms with Crippen molar-refractivity contribution >= 4 is 0 Å². The average molecular weight is 183 g/mol. The Morgan fingerprint density at radius 2 is 1.46 bits per heavy atom. The first-order chi connectivity index (χ1) is 6.41. The molecule has 0 aromatic carbocycles. The molecule has 77 valence electrons. The molecule has 1 heteroatoms. The Balaban J connectivity index is 2.93. The summed E-state index contributed by atoms with van der Waals surface area (Å²) in [6.07, 6.45) is 14.1. The minimum absolute atomic E-state index is 0.0703. The van der Waals surface area contributed by atoms with Gasteiger partial charge in [-0.1, -0.05) is 44.8 Å². The fourth-order valence-electron chi connectivity index (χ4n) is 1.30. The quantitative estimate of drug-likeness (QED) is 0.378. The van der Waals surface area contributed by atoms with E-state index in [-0.39, 0.29) is 6.61 Å². The van der Waals surface area contributed by atoms with Crippen LogP contribution < -0.4 is 0 Å². The Morgan fingerprint density at radius 1 is 0.846 bits per heavy atom. The van der Waals surface area contributed by atoms with Crippen molar-refractivity contribution < 1.29 is 5.11 Å². The Hall–Kier alpha value is -0.300. The van der Waals surface area contributed by atoms with Crippen molar-refractivity contribution in [2.45, 2.75) is 58.3 Å².